The smallest absolute Gasteiger partial charge is 0.303 e. The SMILES string of the molecule is CCOCCS(=O)(=O)NCCCC(=O)O. The Bertz CT molecular complexity index is 275. The van der Waals surface area contributed by atoms with E-state index >= 15 is 0 Å². The molecule has 15 heavy (non-hydrogen) atoms. The topological polar surface area (TPSA) is 92.7 Å². The van der Waals surface area contributed by atoms with Crippen molar-refractivity contribution in [2.75, 3.05) is 25.5 Å². The van der Waals surface area contributed by atoms with Crippen LogP contribution in [0.25, 0.3) is 0 Å². The predicted molar refractivity (Wildman–Crippen MR) is 55.2 cm³/mol. The summed E-state index contributed by atoms with van der Waals surface area (Å²) in [6.45, 7) is 2.58. The third kappa shape index (κ3) is 9.64. The van der Waals surface area contributed by atoms with Crippen molar-refractivity contribution in [2.45, 2.75) is 19.8 Å². The first-order valence-electron chi connectivity index (χ1n) is 4.75. The van der Waals surface area contributed by atoms with E-state index in [-0.39, 0.29) is 25.3 Å². The Morgan fingerprint density at radius 1 is 1.47 bits per heavy atom. The van der Waals surface area contributed by atoms with Crippen molar-refractivity contribution in [3.05, 3.63) is 0 Å². The zero-order valence-electron chi connectivity index (χ0n) is 8.73. The summed E-state index contributed by atoms with van der Waals surface area (Å²) >= 11 is 0. The molecule has 0 atom stereocenters. The Morgan fingerprint density at radius 2 is 2.13 bits per heavy atom. The van der Waals surface area contributed by atoms with Crippen LogP contribution in [0.15, 0.2) is 0 Å². The van der Waals surface area contributed by atoms with Gasteiger partial charge in [0.1, 0.15) is 0 Å². The molecule has 7 heteroatoms. The first-order valence-corrected chi connectivity index (χ1v) is 6.40. The summed E-state index contributed by atoms with van der Waals surface area (Å²) in [5.74, 6) is -1.02. The molecule has 0 bridgehead atoms. The van der Waals surface area contributed by atoms with Crippen molar-refractivity contribution in [2.24, 2.45) is 0 Å². The van der Waals surface area contributed by atoms with Crippen LogP contribution >= 0.6 is 0 Å². The number of carbonyl (C=O) groups is 1. The van der Waals surface area contributed by atoms with Gasteiger partial charge in [-0.15, -0.1) is 0 Å². The molecule has 0 aliphatic carbocycles. The van der Waals surface area contributed by atoms with Crippen molar-refractivity contribution in [1.29, 1.82) is 0 Å². The number of sulfonamides is 1. The third-order valence-corrected chi connectivity index (χ3v) is 2.94. The number of hydrogen-bond acceptors (Lipinski definition) is 4. The van der Waals surface area contributed by atoms with Crippen molar-refractivity contribution < 1.29 is 23.1 Å². The lowest BCUT2D eigenvalue weighted by Gasteiger charge is -2.05. The number of rotatable bonds is 9. The van der Waals surface area contributed by atoms with E-state index in [0.717, 1.165) is 0 Å². The van der Waals surface area contributed by atoms with Crippen LogP contribution in [0.4, 0.5) is 0 Å². The number of carboxylic acids is 1. The van der Waals surface area contributed by atoms with E-state index in [9.17, 15) is 13.2 Å². The fourth-order valence-corrected chi connectivity index (χ4v) is 1.79. The summed E-state index contributed by atoms with van der Waals surface area (Å²) in [5, 5.41) is 8.32. The van der Waals surface area contributed by atoms with Crippen LogP contribution in [0.1, 0.15) is 19.8 Å². The summed E-state index contributed by atoms with van der Waals surface area (Å²) < 4.78 is 29.6. The van der Waals surface area contributed by atoms with Crippen molar-refractivity contribution in [3.8, 4) is 0 Å². The number of aliphatic carboxylic acids is 1. The molecule has 2 N–H and O–H groups in total. The number of hydrogen-bond donors (Lipinski definition) is 2. The first kappa shape index (κ1) is 14.3. The second-order valence-electron chi connectivity index (χ2n) is 2.91. The maximum absolute atomic E-state index is 11.2. The van der Waals surface area contributed by atoms with E-state index in [1.54, 1.807) is 6.92 Å². The highest BCUT2D eigenvalue weighted by Crippen LogP contribution is 1.90. The molecule has 90 valence electrons. The normalized spacial score (nSPS) is 11.5. The van der Waals surface area contributed by atoms with Crippen LogP contribution in [0.2, 0.25) is 0 Å². The molecular formula is C8H17NO5S. The molecule has 0 aromatic carbocycles. The average molecular weight is 239 g/mol. The molecule has 0 radical (unpaired) electrons. The molecule has 0 rings (SSSR count). The van der Waals surface area contributed by atoms with Crippen LogP contribution < -0.4 is 4.72 Å². The van der Waals surface area contributed by atoms with Gasteiger partial charge in [0.05, 0.1) is 12.4 Å². The molecule has 0 aliphatic heterocycles. The monoisotopic (exact) mass is 239 g/mol. The first-order chi connectivity index (χ1) is 6.98. The number of nitrogens with one attached hydrogen (secondary N) is 1. The van der Waals surface area contributed by atoms with Crippen molar-refractivity contribution in [1.82, 2.24) is 4.72 Å². The Labute approximate surface area is 89.7 Å². The Kier molecular flexibility index (Phi) is 7.27. The summed E-state index contributed by atoms with van der Waals surface area (Å²) in [5.41, 5.74) is 0. The van der Waals surface area contributed by atoms with Gasteiger partial charge in [-0.3, -0.25) is 4.79 Å². The minimum absolute atomic E-state index is 0.0338. The zero-order chi connectivity index (χ0) is 11.7. The van der Waals surface area contributed by atoms with Gasteiger partial charge in [0.25, 0.3) is 0 Å². The molecule has 0 aromatic heterocycles. The second-order valence-corrected chi connectivity index (χ2v) is 4.83. The van der Waals surface area contributed by atoms with Crippen molar-refractivity contribution in [3.63, 3.8) is 0 Å². The predicted octanol–water partition coefficient (Wildman–Crippen LogP) is -0.193. The molecule has 0 aliphatic rings. The largest absolute Gasteiger partial charge is 0.481 e. The highest BCUT2D eigenvalue weighted by molar-refractivity contribution is 7.89. The fraction of sp³-hybridized carbons (Fsp3) is 0.875. The molecule has 0 saturated heterocycles. The lowest BCUT2D eigenvalue weighted by molar-refractivity contribution is -0.137. The van der Waals surface area contributed by atoms with Crippen LogP contribution in [-0.2, 0) is 19.6 Å². The number of carboxylic acid groups (broad SMARTS) is 1. The molecule has 0 spiro atoms. The molecule has 0 amide bonds. The summed E-state index contributed by atoms with van der Waals surface area (Å²) in [6.07, 6.45) is 0.261. The molecule has 0 unspecified atom stereocenters. The fourth-order valence-electron chi connectivity index (χ4n) is 0.852. The molecule has 0 saturated carbocycles. The molecule has 6 nitrogen and oxygen atoms in total. The second kappa shape index (κ2) is 7.61. The lowest BCUT2D eigenvalue weighted by Crippen LogP contribution is -2.29. The van der Waals surface area contributed by atoms with Crippen LogP contribution in [0.3, 0.4) is 0 Å². The van der Waals surface area contributed by atoms with Gasteiger partial charge in [-0.05, 0) is 13.3 Å². The third-order valence-electron chi connectivity index (χ3n) is 1.59. The van der Waals surface area contributed by atoms with Gasteiger partial charge >= 0.3 is 5.97 Å². The standard InChI is InChI=1S/C8H17NO5S/c1-2-14-6-7-15(12,13)9-5-3-4-8(10)11/h9H,2-7H2,1H3,(H,10,11). The van der Waals surface area contributed by atoms with E-state index in [1.165, 1.54) is 0 Å². The summed E-state index contributed by atoms with van der Waals surface area (Å²) in [7, 11) is -3.32. The maximum Gasteiger partial charge on any atom is 0.303 e. The molecule has 0 aromatic rings. The molecular weight excluding hydrogens is 222 g/mol. The van der Waals surface area contributed by atoms with Crippen LogP contribution in [0.5, 0.6) is 0 Å². The Hall–Kier alpha value is -0.660. The van der Waals surface area contributed by atoms with Gasteiger partial charge < -0.3 is 9.84 Å². The minimum Gasteiger partial charge on any atom is -0.481 e. The van der Waals surface area contributed by atoms with Gasteiger partial charge in [0.2, 0.25) is 10.0 Å². The van der Waals surface area contributed by atoms with Crippen molar-refractivity contribution >= 4 is 16.0 Å². The van der Waals surface area contributed by atoms with Gasteiger partial charge in [-0.25, -0.2) is 13.1 Å². The highest BCUT2D eigenvalue weighted by atomic mass is 32.2. The Balaban J connectivity index is 3.60. The Morgan fingerprint density at radius 3 is 2.67 bits per heavy atom. The summed E-state index contributed by atoms with van der Waals surface area (Å²) in [6, 6.07) is 0. The number of ether oxygens (including phenoxy) is 1. The average Bonchev–Trinajstić information content (AvgIpc) is 2.13. The summed E-state index contributed by atoms with van der Waals surface area (Å²) in [4.78, 5) is 10.1. The van der Waals surface area contributed by atoms with Gasteiger partial charge in [0, 0.05) is 19.6 Å². The van der Waals surface area contributed by atoms with E-state index in [1.807, 2.05) is 0 Å². The minimum atomic E-state index is -3.32. The van der Waals surface area contributed by atoms with Crippen LogP contribution in [0, 0.1) is 0 Å². The quantitative estimate of drug-likeness (QED) is 0.544. The van der Waals surface area contributed by atoms with E-state index in [4.69, 9.17) is 9.84 Å². The maximum atomic E-state index is 11.2. The zero-order valence-corrected chi connectivity index (χ0v) is 9.55. The van der Waals surface area contributed by atoms with E-state index in [0.29, 0.717) is 13.0 Å². The van der Waals surface area contributed by atoms with E-state index < -0.39 is 16.0 Å². The lowest BCUT2D eigenvalue weighted by atomic mass is 10.3. The highest BCUT2D eigenvalue weighted by Gasteiger charge is 2.09. The van der Waals surface area contributed by atoms with E-state index in [2.05, 4.69) is 4.72 Å². The molecule has 0 fully saturated rings. The molecule has 0 heterocycles. The van der Waals surface area contributed by atoms with Crippen LogP contribution in [-0.4, -0.2) is 45.0 Å². The van der Waals surface area contributed by atoms with Gasteiger partial charge in [-0.2, -0.15) is 0 Å². The van der Waals surface area contributed by atoms with Gasteiger partial charge in [0.15, 0.2) is 0 Å². The van der Waals surface area contributed by atoms with Gasteiger partial charge in [-0.1, -0.05) is 0 Å².